The van der Waals surface area contributed by atoms with Gasteiger partial charge in [-0.2, -0.15) is 0 Å². The average Bonchev–Trinajstić information content (AvgIpc) is 3.07. The number of aromatic nitrogens is 1. The number of hydrogen-bond donors (Lipinski definition) is 4. The van der Waals surface area contributed by atoms with Crippen LogP contribution in [0.1, 0.15) is 12.0 Å². The van der Waals surface area contributed by atoms with Gasteiger partial charge in [0, 0.05) is 24.6 Å². The Morgan fingerprint density at radius 2 is 2.04 bits per heavy atom. The highest BCUT2D eigenvalue weighted by Crippen LogP contribution is 2.36. The molecule has 1 saturated heterocycles. The van der Waals surface area contributed by atoms with Crippen molar-refractivity contribution in [3.05, 3.63) is 60.4 Å². The van der Waals surface area contributed by atoms with Crippen LogP contribution in [-0.4, -0.2) is 50.5 Å². The Labute approximate surface area is 168 Å². The van der Waals surface area contributed by atoms with E-state index in [0.717, 1.165) is 11.3 Å². The summed E-state index contributed by atoms with van der Waals surface area (Å²) in [6.07, 6.45) is 1.54. The Hall–Kier alpha value is -2.55. The van der Waals surface area contributed by atoms with Gasteiger partial charge in [0.25, 0.3) is 0 Å². The van der Waals surface area contributed by atoms with Gasteiger partial charge in [-0.25, -0.2) is 0 Å². The maximum absolute atomic E-state index is 13.0. The van der Waals surface area contributed by atoms with Gasteiger partial charge in [0.2, 0.25) is 5.91 Å². The molecule has 2 aliphatic rings. The van der Waals surface area contributed by atoms with Crippen LogP contribution in [0.5, 0.6) is 0 Å². The van der Waals surface area contributed by atoms with E-state index in [4.69, 9.17) is 12.2 Å². The Morgan fingerprint density at radius 1 is 1.25 bits per heavy atom. The van der Waals surface area contributed by atoms with Crippen LogP contribution in [0.25, 0.3) is 0 Å². The smallest absolute Gasteiger partial charge is 0.225 e. The summed E-state index contributed by atoms with van der Waals surface area (Å²) in [4.78, 5) is 19.0. The second-order valence-corrected chi connectivity index (χ2v) is 7.54. The highest BCUT2D eigenvalue weighted by Gasteiger charge is 2.53. The number of nitrogens with one attached hydrogen (secondary N) is 2. The molecular weight excluding hydrogens is 376 g/mol. The summed E-state index contributed by atoms with van der Waals surface area (Å²) >= 11 is 5.49. The summed E-state index contributed by atoms with van der Waals surface area (Å²) in [5.41, 5.74) is 1.74. The number of carbonyl (C=O) groups excluding carboxylic acids is 1. The van der Waals surface area contributed by atoms with Crippen molar-refractivity contribution in [1.82, 2.24) is 15.6 Å². The summed E-state index contributed by atoms with van der Waals surface area (Å²) in [6, 6.07) is 12.3. The first kappa shape index (κ1) is 18.8. The van der Waals surface area contributed by atoms with Gasteiger partial charge in [-0.1, -0.05) is 24.3 Å². The number of aliphatic hydroxyl groups excluding tert-OH is 2. The minimum atomic E-state index is -1.00. The van der Waals surface area contributed by atoms with Crippen molar-refractivity contribution >= 4 is 28.9 Å². The quantitative estimate of drug-likeness (QED) is 0.559. The number of anilines is 1. The molecule has 5 unspecified atom stereocenters. The minimum absolute atomic E-state index is 0.162. The molecule has 0 radical (unpaired) electrons. The van der Waals surface area contributed by atoms with Crippen molar-refractivity contribution in [2.45, 2.75) is 37.3 Å². The van der Waals surface area contributed by atoms with Crippen molar-refractivity contribution in [2.24, 2.45) is 5.92 Å². The third-order valence-corrected chi connectivity index (χ3v) is 5.72. The molecular formula is C20H22N4O3S. The number of para-hydroxylation sites is 1. The second kappa shape index (κ2) is 7.83. The van der Waals surface area contributed by atoms with Crippen LogP contribution in [-0.2, 0) is 11.3 Å². The highest BCUT2D eigenvalue weighted by molar-refractivity contribution is 7.80. The van der Waals surface area contributed by atoms with Crippen LogP contribution in [0.15, 0.2) is 54.9 Å². The van der Waals surface area contributed by atoms with Crippen LogP contribution in [0, 0.1) is 5.92 Å². The molecule has 2 aromatic rings. The van der Waals surface area contributed by atoms with Crippen molar-refractivity contribution in [1.29, 1.82) is 0 Å². The zero-order valence-corrected chi connectivity index (χ0v) is 15.9. The maximum atomic E-state index is 13.0. The van der Waals surface area contributed by atoms with Gasteiger partial charge >= 0.3 is 0 Å². The molecule has 2 fully saturated rings. The van der Waals surface area contributed by atoms with E-state index < -0.39 is 24.2 Å². The molecule has 5 atom stereocenters. The Morgan fingerprint density at radius 3 is 2.75 bits per heavy atom. The second-order valence-electron chi connectivity index (χ2n) is 7.15. The third-order valence-electron chi connectivity index (χ3n) is 5.41. The highest BCUT2D eigenvalue weighted by atomic mass is 32.1. The van der Waals surface area contributed by atoms with E-state index >= 15 is 0 Å². The number of aliphatic hydroxyl groups is 2. The van der Waals surface area contributed by atoms with E-state index in [-0.39, 0.29) is 18.4 Å². The first-order valence-corrected chi connectivity index (χ1v) is 9.64. The summed E-state index contributed by atoms with van der Waals surface area (Å²) in [5, 5.41) is 27.3. The zero-order valence-electron chi connectivity index (χ0n) is 15.1. The number of amides is 1. The van der Waals surface area contributed by atoms with E-state index in [1.54, 1.807) is 12.4 Å². The fourth-order valence-electron chi connectivity index (χ4n) is 4.05. The molecule has 8 heteroatoms. The first-order chi connectivity index (χ1) is 13.6. The Balaban J connectivity index is 1.59. The molecule has 0 spiro atoms. The number of carbonyl (C=O) groups is 1. The molecule has 1 saturated carbocycles. The Kier molecular flexibility index (Phi) is 5.25. The summed E-state index contributed by atoms with van der Waals surface area (Å²) in [5.74, 6) is -0.717. The summed E-state index contributed by atoms with van der Waals surface area (Å²) in [7, 11) is 0. The van der Waals surface area contributed by atoms with E-state index in [1.807, 2.05) is 47.4 Å². The zero-order chi connectivity index (χ0) is 19.7. The SMILES string of the molecule is O=C(NCc1cccnc1)C1CC(O)C(O)C2NC(=S)N(c3ccccc3)C12. The number of fused-ring (bicyclic) bond motifs is 1. The van der Waals surface area contributed by atoms with Crippen molar-refractivity contribution in [3.63, 3.8) is 0 Å². The van der Waals surface area contributed by atoms with E-state index in [9.17, 15) is 15.0 Å². The van der Waals surface area contributed by atoms with Crippen molar-refractivity contribution < 1.29 is 15.0 Å². The molecule has 1 aromatic carbocycles. The molecule has 2 heterocycles. The average molecular weight is 398 g/mol. The predicted molar refractivity (Wildman–Crippen MR) is 108 cm³/mol. The van der Waals surface area contributed by atoms with Crippen LogP contribution < -0.4 is 15.5 Å². The molecule has 28 heavy (non-hydrogen) atoms. The lowest BCUT2D eigenvalue weighted by atomic mass is 9.77. The molecule has 1 aliphatic heterocycles. The number of benzene rings is 1. The van der Waals surface area contributed by atoms with Gasteiger partial charge in [-0.15, -0.1) is 0 Å². The number of pyridine rings is 1. The predicted octanol–water partition coefficient (Wildman–Crippen LogP) is 0.571. The van der Waals surface area contributed by atoms with Crippen molar-refractivity contribution in [3.8, 4) is 0 Å². The van der Waals surface area contributed by atoms with Crippen LogP contribution >= 0.6 is 12.2 Å². The molecule has 7 nitrogen and oxygen atoms in total. The summed E-state index contributed by atoms with van der Waals surface area (Å²) < 4.78 is 0. The molecule has 4 N–H and O–H groups in total. The van der Waals surface area contributed by atoms with Gasteiger partial charge in [0.15, 0.2) is 5.11 Å². The topological polar surface area (TPSA) is 97.7 Å². The van der Waals surface area contributed by atoms with E-state index in [1.165, 1.54) is 0 Å². The van der Waals surface area contributed by atoms with E-state index in [0.29, 0.717) is 11.7 Å². The normalized spacial score (nSPS) is 29.1. The molecule has 1 aliphatic carbocycles. The van der Waals surface area contributed by atoms with E-state index in [2.05, 4.69) is 15.6 Å². The van der Waals surface area contributed by atoms with Gasteiger partial charge < -0.3 is 25.7 Å². The molecule has 1 amide bonds. The third kappa shape index (κ3) is 3.46. The lowest BCUT2D eigenvalue weighted by Crippen LogP contribution is -2.60. The lowest BCUT2D eigenvalue weighted by molar-refractivity contribution is -0.131. The number of nitrogens with zero attached hydrogens (tertiary/aromatic N) is 2. The summed E-state index contributed by atoms with van der Waals surface area (Å²) in [6.45, 7) is 0.350. The molecule has 0 bridgehead atoms. The molecule has 4 rings (SSSR count). The van der Waals surface area contributed by atoms with Crippen LogP contribution in [0.3, 0.4) is 0 Å². The van der Waals surface area contributed by atoms with Gasteiger partial charge in [0.05, 0.1) is 24.1 Å². The maximum Gasteiger partial charge on any atom is 0.225 e. The van der Waals surface area contributed by atoms with Crippen LogP contribution in [0.2, 0.25) is 0 Å². The van der Waals surface area contributed by atoms with Crippen molar-refractivity contribution in [2.75, 3.05) is 4.90 Å². The minimum Gasteiger partial charge on any atom is -0.390 e. The molecule has 1 aromatic heterocycles. The van der Waals surface area contributed by atoms with Gasteiger partial charge in [-0.3, -0.25) is 9.78 Å². The van der Waals surface area contributed by atoms with Gasteiger partial charge in [0.1, 0.15) is 6.10 Å². The standard InChI is InChI=1S/C20H22N4O3S/c25-15-9-14(19(27)22-11-12-5-4-8-21-10-12)17-16(18(15)26)23-20(28)24(17)13-6-2-1-3-7-13/h1-8,10,14-18,25-26H,9,11H2,(H,22,27)(H,23,28). The number of hydrogen-bond acceptors (Lipinski definition) is 5. The fourth-order valence-corrected chi connectivity index (χ4v) is 4.42. The monoisotopic (exact) mass is 398 g/mol. The Bertz CT molecular complexity index is 851. The molecule has 146 valence electrons. The largest absolute Gasteiger partial charge is 0.390 e. The lowest BCUT2D eigenvalue weighted by Gasteiger charge is -2.41. The first-order valence-electron chi connectivity index (χ1n) is 9.24. The fraction of sp³-hybridized carbons (Fsp3) is 0.350. The van der Waals surface area contributed by atoms with Gasteiger partial charge in [-0.05, 0) is 42.4 Å². The number of thiocarbonyl (C=S) groups is 1. The van der Waals surface area contributed by atoms with Crippen LogP contribution in [0.4, 0.5) is 5.69 Å². The number of rotatable bonds is 4.